The van der Waals surface area contributed by atoms with Crippen LogP contribution < -0.4 is 5.32 Å². The summed E-state index contributed by atoms with van der Waals surface area (Å²) in [5.41, 5.74) is 2.37. The Labute approximate surface area is 105 Å². The van der Waals surface area contributed by atoms with Crippen LogP contribution in [0.3, 0.4) is 0 Å². The van der Waals surface area contributed by atoms with Crippen LogP contribution in [0.5, 0.6) is 0 Å². The van der Waals surface area contributed by atoms with Crippen LogP contribution in [0.1, 0.15) is 19.4 Å². The molecule has 0 bridgehead atoms. The molecule has 2 nitrogen and oxygen atoms in total. The van der Waals surface area contributed by atoms with Gasteiger partial charge in [0.25, 0.3) is 0 Å². The van der Waals surface area contributed by atoms with Crippen LogP contribution in [0, 0.1) is 0 Å². The first-order valence-corrected chi connectivity index (χ1v) is 6.25. The molecule has 0 aromatic heterocycles. The van der Waals surface area contributed by atoms with E-state index in [1.165, 1.54) is 5.56 Å². The summed E-state index contributed by atoms with van der Waals surface area (Å²) < 4.78 is 0. The molecule has 0 unspecified atom stereocenters. The standard InChI is InChI=1S/C15H24N2/c1-13(2)17(4)11-10-16-12-14(3)15-8-6-5-7-9-15/h5-9,13,16H,3,10-12H2,1-2,4H3. The van der Waals surface area contributed by atoms with Crippen molar-refractivity contribution < 1.29 is 0 Å². The minimum Gasteiger partial charge on any atom is -0.311 e. The van der Waals surface area contributed by atoms with Gasteiger partial charge in [0.05, 0.1) is 0 Å². The van der Waals surface area contributed by atoms with Crippen LogP contribution >= 0.6 is 0 Å². The summed E-state index contributed by atoms with van der Waals surface area (Å²) >= 11 is 0. The Morgan fingerprint density at radius 1 is 1.29 bits per heavy atom. The summed E-state index contributed by atoms with van der Waals surface area (Å²) in [6.07, 6.45) is 0. The van der Waals surface area contributed by atoms with Gasteiger partial charge in [-0.05, 0) is 32.0 Å². The quantitative estimate of drug-likeness (QED) is 0.727. The lowest BCUT2D eigenvalue weighted by atomic mass is 10.1. The van der Waals surface area contributed by atoms with E-state index < -0.39 is 0 Å². The highest BCUT2D eigenvalue weighted by Crippen LogP contribution is 2.09. The van der Waals surface area contributed by atoms with E-state index in [1.54, 1.807) is 0 Å². The summed E-state index contributed by atoms with van der Waals surface area (Å²) in [7, 11) is 2.15. The van der Waals surface area contributed by atoms with Gasteiger partial charge in [0.2, 0.25) is 0 Å². The Balaban J connectivity index is 2.22. The smallest absolute Gasteiger partial charge is 0.0206 e. The molecule has 1 N–H and O–H groups in total. The lowest BCUT2D eigenvalue weighted by molar-refractivity contribution is 0.275. The SMILES string of the molecule is C=C(CNCCN(C)C(C)C)c1ccccc1. The van der Waals surface area contributed by atoms with Crippen LogP contribution in [0.15, 0.2) is 36.9 Å². The molecule has 0 saturated carbocycles. The Bertz CT molecular complexity index is 330. The monoisotopic (exact) mass is 232 g/mol. The van der Waals surface area contributed by atoms with Crippen molar-refractivity contribution in [1.82, 2.24) is 10.2 Å². The maximum absolute atomic E-state index is 4.10. The van der Waals surface area contributed by atoms with E-state index in [9.17, 15) is 0 Å². The van der Waals surface area contributed by atoms with Gasteiger partial charge in [-0.2, -0.15) is 0 Å². The second-order valence-corrected chi connectivity index (χ2v) is 4.72. The molecule has 0 fully saturated rings. The number of nitrogens with one attached hydrogen (secondary N) is 1. The molecule has 0 aliphatic heterocycles. The van der Waals surface area contributed by atoms with Crippen LogP contribution in [0.25, 0.3) is 5.57 Å². The Kier molecular flexibility index (Phi) is 5.95. The van der Waals surface area contributed by atoms with Gasteiger partial charge in [0.1, 0.15) is 0 Å². The van der Waals surface area contributed by atoms with Gasteiger partial charge in [0.15, 0.2) is 0 Å². The molecule has 0 radical (unpaired) electrons. The van der Waals surface area contributed by atoms with Crippen molar-refractivity contribution >= 4 is 5.57 Å². The highest BCUT2D eigenvalue weighted by molar-refractivity contribution is 5.64. The molecule has 0 atom stereocenters. The number of rotatable bonds is 7. The molecule has 0 saturated heterocycles. The summed E-state index contributed by atoms with van der Waals surface area (Å²) in [6, 6.07) is 10.9. The largest absolute Gasteiger partial charge is 0.311 e. The summed E-state index contributed by atoms with van der Waals surface area (Å²) in [5.74, 6) is 0. The van der Waals surface area contributed by atoms with E-state index in [0.29, 0.717) is 6.04 Å². The number of benzene rings is 1. The maximum Gasteiger partial charge on any atom is 0.0206 e. The predicted octanol–water partition coefficient (Wildman–Crippen LogP) is 2.63. The van der Waals surface area contributed by atoms with Crippen molar-refractivity contribution in [3.8, 4) is 0 Å². The molecule has 0 heterocycles. The second kappa shape index (κ2) is 7.25. The topological polar surface area (TPSA) is 15.3 Å². The Morgan fingerprint density at radius 2 is 1.94 bits per heavy atom. The summed E-state index contributed by atoms with van der Waals surface area (Å²) in [6.45, 7) is 11.4. The summed E-state index contributed by atoms with van der Waals surface area (Å²) in [5, 5.41) is 3.43. The molecular formula is C15H24N2. The van der Waals surface area contributed by atoms with Gasteiger partial charge >= 0.3 is 0 Å². The molecule has 0 aliphatic carbocycles. The lowest BCUT2D eigenvalue weighted by Gasteiger charge is -2.21. The molecule has 1 aromatic carbocycles. The van der Waals surface area contributed by atoms with E-state index in [4.69, 9.17) is 0 Å². The van der Waals surface area contributed by atoms with E-state index in [0.717, 1.165) is 25.2 Å². The molecule has 94 valence electrons. The van der Waals surface area contributed by atoms with Crippen molar-refractivity contribution in [2.75, 3.05) is 26.7 Å². The van der Waals surface area contributed by atoms with Gasteiger partial charge < -0.3 is 10.2 Å². The highest BCUT2D eigenvalue weighted by Gasteiger charge is 2.02. The Hall–Kier alpha value is -1.12. The number of likely N-dealkylation sites (N-methyl/N-ethyl adjacent to an activating group) is 1. The first-order valence-electron chi connectivity index (χ1n) is 6.25. The zero-order valence-electron chi connectivity index (χ0n) is 11.2. The average molecular weight is 232 g/mol. The third-order valence-corrected chi connectivity index (χ3v) is 3.04. The van der Waals surface area contributed by atoms with Gasteiger partial charge in [-0.1, -0.05) is 36.9 Å². The molecule has 0 aliphatic rings. The van der Waals surface area contributed by atoms with Gasteiger partial charge in [-0.15, -0.1) is 0 Å². The van der Waals surface area contributed by atoms with Gasteiger partial charge in [0, 0.05) is 25.7 Å². The number of hydrogen-bond acceptors (Lipinski definition) is 2. The van der Waals surface area contributed by atoms with Crippen LogP contribution in [0.4, 0.5) is 0 Å². The van der Waals surface area contributed by atoms with E-state index in [-0.39, 0.29) is 0 Å². The van der Waals surface area contributed by atoms with Crippen molar-refractivity contribution in [2.45, 2.75) is 19.9 Å². The zero-order valence-corrected chi connectivity index (χ0v) is 11.2. The number of nitrogens with zero attached hydrogens (tertiary/aromatic N) is 1. The van der Waals surface area contributed by atoms with E-state index in [1.807, 2.05) is 18.2 Å². The number of hydrogen-bond donors (Lipinski definition) is 1. The average Bonchev–Trinajstić information content (AvgIpc) is 2.35. The lowest BCUT2D eigenvalue weighted by Crippen LogP contribution is -2.34. The normalized spacial score (nSPS) is 11.1. The van der Waals surface area contributed by atoms with Crippen LogP contribution in [0.2, 0.25) is 0 Å². The van der Waals surface area contributed by atoms with Gasteiger partial charge in [-0.25, -0.2) is 0 Å². The first kappa shape index (κ1) is 13.9. The minimum atomic E-state index is 0.606. The molecule has 17 heavy (non-hydrogen) atoms. The fourth-order valence-electron chi connectivity index (χ4n) is 1.53. The molecule has 1 rings (SSSR count). The van der Waals surface area contributed by atoms with Crippen molar-refractivity contribution in [3.63, 3.8) is 0 Å². The molecule has 2 heteroatoms. The predicted molar refractivity (Wildman–Crippen MR) is 76.1 cm³/mol. The fraction of sp³-hybridized carbons (Fsp3) is 0.467. The van der Waals surface area contributed by atoms with E-state index in [2.05, 4.69) is 49.8 Å². The highest BCUT2D eigenvalue weighted by atomic mass is 15.1. The van der Waals surface area contributed by atoms with Crippen LogP contribution in [-0.2, 0) is 0 Å². The van der Waals surface area contributed by atoms with Crippen LogP contribution in [-0.4, -0.2) is 37.6 Å². The molecule has 0 amide bonds. The molecular weight excluding hydrogens is 208 g/mol. The second-order valence-electron chi connectivity index (χ2n) is 4.72. The molecule has 0 spiro atoms. The van der Waals surface area contributed by atoms with Gasteiger partial charge in [-0.3, -0.25) is 0 Å². The Morgan fingerprint density at radius 3 is 2.53 bits per heavy atom. The third kappa shape index (κ3) is 5.16. The summed E-state index contributed by atoms with van der Waals surface area (Å²) in [4.78, 5) is 2.33. The van der Waals surface area contributed by atoms with Crippen molar-refractivity contribution in [2.24, 2.45) is 0 Å². The first-order chi connectivity index (χ1) is 8.11. The maximum atomic E-state index is 4.10. The minimum absolute atomic E-state index is 0.606. The third-order valence-electron chi connectivity index (χ3n) is 3.04. The molecule has 1 aromatic rings. The fourth-order valence-corrected chi connectivity index (χ4v) is 1.53. The van der Waals surface area contributed by atoms with E-state index >= 15 is 0 Å². The zero-order chi connectivity index (χ0) is 12.7. The van der Waals surface area contributed by atoms with Crippen molar-refractivity contribution in [3.05, 3.63) is 42.5 Å². The van der Waals surface area contributed by atoms with Crippen molar-refractivity contribution in [1.29, 1.82) is 0 Å².